The number of aryl methyl sites for hydroxylation is 1. The monoisotopic (exact) mass is 506 g/mol. The molecule has 7 nitrogen and oxygen atoms in total. The number of carbonyl (C=O) groups is 2. The average Bonchev–Trinajstić information content (AvgIpc) is 3.18. The number of aromatic nitrogens is 1. The highest BCUT2D eigenvalue weighted by Crippen LogP contribution is 2.38. The molecule has 5 unspecified atom stereocenters. The van der Waals surface area contributed by atoms with Gasteiger partial charge in [0.2, 0.25) is 0 Å². The number of ether oxygens (including phenoxy) is 1. The van der Waals surface area contributed by atoms with E-state index in [0.29, 0.717) is 18.5 Å². The SMILES string of the molecule is C/C(=C\c1csc(C)n1)C1C[C@H]2C(CCCC(C)[C@H](O)[C@@H](C)C(=O)C(C)(C)C(O)CC(=O)O1)N2C. The summed E-state index contributed by atoms with van der Waals surface area (Å²) in [5, 5.41) is 24.7. The summed E-state index contributed by atoms with van der Waals surface area (Å²) < 4.78 is 5.92. The van der Waals surface area contributed by atoms with Gasteiger partial charge in [0.15, 0.2) is 0 Å². The molecule has 0 saturated carbocycles. The van der Waals surface area contributed by atoms with Gasteiger partial charge in [-0.05, 0) is 51.3 Å². The molecule has 3 rings (SSSR count). The van der Waals surface area contributed by atoms with Crippen LogP contribution in [-0.2, 0) is 14.3 Å². The number of carbonyl (C=O) groups excluding carboxylic acids is 2. The van der Waals surface area contributed by atoms with Gasteiger partial charge >= 0.3 is 5.97 Å². The Morgan fingerprint density at radius 2 is 1.91 bits per heavy atom. The van der Waals surface area contributed by atoms with Gasteiger partial charge in [-0.3, -0.25) is 14.5 Å². The number of likely N-dealkylation sites (N-methyl/N-ethyl adjacent to an activating group) is 1. The number of fused-ring (bicyclic) bond motifs is 1. The Balaban J connectivity index is 1.85. The second kappa shape index (κ2) is 11.2. The van der Waals surface area contributed by atoms with Crippen LogP contribution < -0.4 is 0 Å². The number of nitrogens with zero attached hydrogens (tertiary/aromatic N) is 2. The van der Waals surface area contributed by atoms with E-state index in [9.17, 15) is 19.8 Å². The van der Waals surface area contributed by atoms with E-state index in [4.69, 9.17) is 4.74 Å². The molecule has 0 radical (unpaired) electrons. The van der Waals surface area contributed by atoms with Gasteiger partial charge in [0.25, 0.3) is 0 Å². The highest BCUT2D eigenvalue weighted by Gasteiger charge is 2.46. The molecule has 35 heavy (non-hydrogen) atoms. The summed E-state index contributed by atoms with van der Waals surface area (Å²) in [6, 6.07) is 0.717. The number of thiazole rings is 1. The van der Waals surface area contributed by atoms with E-state index in [1.165, 1.54) is 0 Å². The minimum Gasteiger partial charge on any atom is -0.458 e. The molecule has 1 aromatic heterocycles. The Bertz CT molecular complexity index is 942. The molecule has 1 aromatic rings. The van der Waals surface area contributed by atoms with E-state index in [1.54, 1.807) is 32.1 Å². The lowest BCUT2D eigenvalue weighted by atomic mass is 9.73. The molecule has 0 aliphatic carbocycles. The third kappa shape index (κ3) is 6.59. The summed E-state index contributed by atoms with van der Waals surface area (Å²) in [7, 11) is 2.09. The van der Waals surface area contributed by atoms with Gasteiger partial charge in [-0.15, -0.1) is 11.3 Å². The van der Waals surface area contributed by atoms with Gasteiger partial charge in [-0.2, -0.15) is 0 Å². The minimum absolute atomic E-state index is 0.0261. The lowest BCUT2D eigenvalue weighted by Gasteiger charge is -2.34. The van der Waals surface area contributed by atoms with E-state index in [-0.39, 0.29) is 18.1 Å². The van der Waals surface area contributed by atoms with Crippen LogP contribution in [0.25, 0.3) is 6.08 Å². The number of cyclic esters (lactones) is 1. The predicted molar refractivity (Wildman–Crippen MR) is 138 cm³/mol. The third-order valence-corrected chi connectivity index (χ3v) is 8.94. The van der Waals surface area contributed by atoms with Gasteiger partial charge < -0.3 is 14.9 Å². The third-order valence-electron chi connectivity index (χ3n) is 8.15. The first-order valence-corrected chi connectivity index (χ1v) is 13.6. The van der Waals surface area contributed by atoms with Crippen molar-refractivity contribution in [1.29, 1.82) is 0 Å². The summed E-state index contributed by atoms with van der Waals surface area (Å²) in [4.78, 5) is 33.0. The van der Waals surface area contributed by atoms with Gasteiger partial charge in [0, 0.05) is 29.8 Å². The van der Waals surface area contributed by atoms with Gasteiger partial charge in [-0.1, -0.05) is 34.1 Å². The van der Waals surface area contributed by atoms with Crippen LogP contribution in [0.3, 0.4) is 0 Å². The van der Waals surface area contributed by atoms with Crippen molar-refractivity contribution in [2.45, 2.75) is 104 Å². The number of Topliss-reactive ketones (excluding diaryl/α,β-unsaturated/α-hetero) is 1. The average molecular weight is 507 g/mol. The fraction of sp³-hybridized carbons (Fsp3) is 0.741. The van der Waals surface area contributed by atoms with Crippen LogP contribution in [0.4, 0.5) is 0 Å². The molecule has 0 amide bonds. The van der Waals surface area contributed by atoms with Gasteiger partial charge in [0.05, 0.1) is 34.7 Å². The van der Waals surface area contributed by atoms with Gasteiger partial charge in [0.1, 0.15) is 11.9 Å². The van der Waals surface area contributed by atoms with Crippen LogP contribution in [-0.4, -0.2) is 69.3 Å². The Labute approximate surface area is 213 Å². The maximum atomic E-state index is 13.2. The zero-order chi connectivity index (χ0) is 26.1. The summed E-state index contributed by atoms with van der Waals surface area (Å²) in [6.07, 6.45) is 2.72. The normalized spacial score (nSPS) is 37.5. The fourth-order valence-electron chi connectivity index (χ4n) is 5.35. The zero-order valence-electron chi connectivity index (χ0n) is 22.2. The van der Waals surface area contributed by atoms with E-state index in [1.807, 2.05) is 32.2 Å². The molecule has 0 bridgehead atoms. The summed E-state index contributed by atoms with van der Waals surface area (Å²) in [5.74, 6) is -1.42. The highest BCUT2D eigenvalue weighted by atomic mass is 32.1. The van der Waals surface area contributed by atoms with E-state index >= 15 is 0 Å². The van der Waals surface area contributed by atoms with E-state index < -0.39 is 35.6 Å². The molecule has 2 fully saturated rings. The molecular weight excluding hydrogens is 464 g/mol. The number of aliphatic hydroxyl groups excluding tert-OH is 2. The Morgan fingerprint density at radius 3 is 2.54 bits per heavy atom. The number of rotatable bonds is 2. The maximum Gasteiger partial charge on any atom is 0.309 e. The number of ketones is 1. The molecule has 3 heterocycles. The number of esters is 1. The van der Waals surface area contributed by atoms with E-state index in [2.05, 4.69) is 16.9 Å². The molecule has 2 aliphatic heterocycles. The molecule has 8 atom stereocenters. The molecular formula is C27H42N2O5S. The van der Waals surface area contributed by atoms with Crippen LogP contribution in [0, 0.1) is 24.2 Å². The zero-order valence-corrected chi connectivity index (χ0v) is 23.0. The Morgan fingerprint density at radius 1 is 1.23 bits per heavy atom. The minimum atomic E-state index is -1.21. The Kier molecular flexibility index (Phi) is 8.95. The van der Waals surface area contributed by atoms with Crippen molar-refractivity contribution in [2.24, 2.45) is 17.3 Å². The van der Waals surface area contributed by atoms with Crippen molar-refractivity contribution >= 4 is 29.2 Å². The van der Waals surface area contributed by atoms with Crippen molar-refractivity contribution in [3.8, 4) is 0 Å². The number of hydrogen-bond donors (Lipinski definition) is 2. The van der Waals surface area contributed by atoms with Crippen LogP contribution in [0.1, 0.15) is 77.4 Å². The maximum absolute atomic E-state index is 13.2. The van der Waals surface area contributed by atoms with Crippen molar-refractivity contribution in [1.82, 2.24) is 9.88 Å². The lowest BCUT2D eigenvalue weighted by molar-refractivity contribution is -0.154. The van der Waals surface area contributed by atoms with Crippen molar-refractivity contribution in [3.05, 3.63) is 21.7 Å². The largest absolute Gasteiger partial charge is 0.458 e. The van der Waals surface area contributed by atoms with Crippen molar-refractivity contribution < 1.29 is 24.5 Å². The van der Waals surface area contributed by atoms with Crippen LogP contribution in [0.5, 0.6) is 0 Å². The molecule has 2 saturated heterocycles. The molecule has 8 heteroatoms. The smallest absolute Gasteiger partial charge is 0.309 e. The second-order valence-corrected chi connectivity index (χ2v) is 12.2. The van der Waals surface area contributed by atoms with Crippen LogP contribution in [0.15, 0.2) is 11.0 Å². The standard InChI is InChI=1S/C27H42N2O5S/c1-15-9-8-10-20-21(29(20)7)12-22(16(2)11-19-14-35-18(4)28-19)34-24(31)13-23(30)27(5,6)26(33)17(3)25(15)32/h11,14-15,17,20-23,25,30,32H,8-10,12-13H2,1-7H3/b16-11+/t15?,17-,20?,21+,22?,23?,25+,29?/m1/s1. The predicted octanol–water partition coefficient (Wildman–Crippen LogP) is 4.00. The number of hydrogen-bond acceptors (Lipinski definition) is 8. The topological polar surface area (TPSA) is 99.7 Å². The number of aliphatic hydroxyl groups is 2. The summed E-state index contributed by atoms with van der Waals surface area (Å²) in [5.41, 5.74) is 0.581. The van der Waals surface area contributed by atoms with Crippen molar-refractivity contribution in [3.63, 3.8) is 0 Å². The quantitative estimate of drug-likeness (QED) is 0.462. The first kappa shape index (κ1) is 28.0. The summed E-state index contributed by atoms with van der Waals surface area (Å²) >= 11 is 1.58. The molecule has 196 valence electrons. The molecule has 2 aliphatic rings. The molecule has 0 aromatic carbocycles. The van der Waals surface area contributed by atoms with E-state index in [0.717, 1.165) is 35.5 Å². The van der Waals surface area contributed by atoms with Gasteiger partial charge in [-0.25, -0.2) is 4.98 Å². The first-order valence-electron chi connectivity index (χ1n) is 12.7. The fourth-order valence-corrected chi connectivity index (χ4v) is 5.92. The highest BCUT2D eigenvalue weighted by molar-refractivity contribution is 7.09. The molecule has 0 spiro atoms. The second-order valence-electron chi connectivity index (χ2n) is 11.2. The first-order chi connectivity index (χ1) is 16.3. The lowest BCUT2D eigenvalue weighted by Crippen LogP contribution is -2.45. The van der Waals surface area contributed by atoms with Crippen molar-refractivity contribution in [2.75, 3.05) is 7.05 Å². The van der Waals surface area contributed by atoms with Crippen LogP contribution >= 0.6 is 11.3 Å². The molecule has 2 N–H and O–H groups in total. The Hall–Kier alpha value is -1.61. The summed E-state index contributed by atoms with van der Waals surface area (Å²) in [6.45, 7) is 10.9. The van der Waals surface area contributed by atoms with Crippen LogP contribution in [0.2, 0.25) is 0 Å².